The Morgan fingerprint density at radius 2 is 1.82 bits per heavy atom. The first-order chi connectivity index (χ1) is 7.99. The van der Waals surface area contributed by atoms with Gasteiger partial charge in [0.2, 0.25) is 0 Å². The van der Waals surface area contributed by atoms with Gasteiger partial charge in [-0.15, -0.1) is 0 Å². The quantitative estimate of drug-likeness (QED) is 0.735. The second-order valence-electron chi connectivity index (χ2n) is 6.32. The largest absolute Gasteiger partial charge is 0.316 e. The number of nitrogens with zero attached hydrogens (tertiary/aromatic N) is 1. The van der Waals surface area contributed by atoms with Crippen LogP contribution >= 0.6 is 0 Å². The van der Waals surface area contributed by atoms with Crippen molar-refractivity contribution in [2.75, 3.05) is 26.2 Å². The van der Waals surface area contributed by atoms with E-state index in [1.807, 2.05) is 0 Å². The minimum Gasteiger partial charge on any atom is -0.316 e. The first-order valence-corrected chi connectivity index (χ1v) is 7.45. The summed E-state index contributed by atoms with van der Waals surface area (Å²) in [5.74, 6) is 0. The summed E-state index contributed by atoms with van der Waals surface area (Å²) in [6, 6.07) is 0. The summed E-state index contributed by atoms with van der Waals surface area (Å²) in [4.78, 5) is 2.72. The van der Waals surface area contributed by atoms with Gasteiger partial charge in [-0.1, -0.05) is 20.8 Å². The lowest BCUT2D eigenvalue weighted by Crippen LogP contribution is -2.48. The molecule has 1 aliphatic rings. The van der Waals surface area contributed by atoms with Crippen LogP contribution in [0.5, 0.6) is 0 Å². The standard InChI is InChI=1S/C15H32N2/c1-6-15(7-2,12-16-8-3)13-17-11-9-10-14(17,4)5/h16H,6-13H2,1-5H3. The van der Waals surface area contributed by atoms with E-state index in [0.29, 0.717) is 11.0 Å². The second kappa shape index (κ2) is 6.19. The smallest absolute Gasteiger partial charge is 0.0153 e. The molecule has 0 bridgehead atoms. The van der Waals surface area contributed by atoms with Crippen LogP contribution in [0.15, 0.2) is 0 Å². The van der Waals surface area contributed by atoms with Crippen molar-refractivity contribution in [1.29, 1.82) is 0 Å². The van der Waals surface area contributed by atoms with Gasteiger partial charge in [0, 0.05) is 18.6 Å². The Morgan fingerprint density at radius 3 is 2.24 bits per heavy atom. The predicted molar refractivity (Wildman–Crippen MR) is 76.4 cm³/mol. The summed E-state index contributed by atoms with van der Waals surface area (Å²) >= 11 is 0. The maximum Gasteiger partial charge on any atom is 0.0153 e. The van der Waals surface area contributed by atoms with E-state index in [0.717, 1.165) is 6.54 Å². The van der Waals surface area contributed by atoms with Crippen molar-refractivity contribution in [3.05, 3.63) is 0 Å². The number of nitrogens with one attached hydrogen (secondary N) is 1. The van der Waals surface area contributed by atoms with Crippen molar-refractivity contribution in [3.8, 4) is 0 Å². The second-order valence-corrected chi connectivity index (χ2v) is 6.32. The molecule has 1 saturated heterocycles. The van der Waals surface area contributed by atoms with E-state index in [9.17, 15) is 0 Å². The van der Waals surface area contributed by atoms with Crippen LogP contribution < -0.4 is 5.32 Å². The highest BCUT2D eigenvalue weighted by molar-refractivity contribution is 4.93. The highest BCUT2D eigenvalue weighted by Gasteiger charge is 2.37. The fraction of sp³-hybridized carbons (Fsp3) is 1.00. The van der Waals surface area contributed by atoms with Crippen molar-refractivity contribution in [1.82, 2.24) is 10.2 Å². The van der Waals surface area contributed by atoms with Crippen LogP contribution in [0.25, 0.3) is 0 Å². The van der Waals surface area contributed by atoms with E-state index in [4.69, 9.17) is 0 Å². The summed E-state index contributed by atoms with van der Waals surface area (Å²) in [5.41, 5.74) is 0.888. The van der Waals surface area contributed by atoms with Gasteiger partial charge in [-0.25, -0.2) is 0 Å². The minimum absolute atomic E-state index is 0.418. The Bertz CT molecular complexity index is 219. The normalized spacial score (nSPS) is 21.0. The van der Waals surface area contributed by atoms with Gasteiger partial charge in [0.1, 0.15) is 0 Å². The lowest BCUT2D eigenvalue weighted by Gasteiger charge is -2.41. The molecule has 0 aromatic heterocycles. The summed E-state index contributed by atoms with van der Waals surface area (Å²) in [5, 5.41) is 3.57. The molecule has 0 unspecified atom stereocenters. The van der Waals surface area contributed by atoms with Gasteiger partial charge in [0.25, 0.3) is 0 Å². The van der Waals surface area contributed by atoms with Crippen LogP contribution in [-0.4, -0.2) is 36.6 Å². The molecule has 2 nitrogen and oxygen atoms in total. The topological polar surface area (TPSA) is 15.3 Å². The fourth-order valence-electron chi connectivity index (χ4n) is 3.03. The van der Waals surface area contributed by atoms with Crippen molar-refractivity contribution in [3.63, 3.8) is 0 Å². The Morgan fingerprint density at radius 1 is 1.18 bits per heavy atom. The lowest BCUT2D eigenvalue weighted by atomic mass is 9.80. The van der Waals surface area contributed by atoms with Crippen LogP contribution in [0, 0.1) is 5.41 Å². The fourth-order valence-corrected chi connectivity index (χ4v) is 3.03. The van der Waals surface area contributed by atoms with Gasteiger partial charge < -0.3 is 5.32 Å². The molecule has 0 saturated carbocycles. The van der Waals surface area contributed by atoms with Crippen LogP contribution in [-0.2, 0) is 0 Å². The van der Waals surface area contributed by atoms with E-state index in [1.165, 1.54) is 45.3 Å². The van der Waals surface area contributed by atoms with Crippen molar-refractivity contribution >= 4 is 0 Å². The molecule has 1 fully saturated rings. The van der Waals surface area contributed by atoms with Crippen LogP contribution in [0.1, 0.15) is 60.3 Å². The summed E-state index contributed by atoms with van der Waals surface area (Å²) in [6.45, 7) is 16.5. The Kier molecular flexibility index (Phi) is 5.46. The molecule has 1 heterocycles. The molecule has 0 aromatic carbocycles. The number of rotatable bonds is 7. The van der Waals surface area contributed by atoms with E-state index >= 15 is 0 Å². The molecule has 0 aliphatic carbocycles. The molecule has 0 amide bonds. The molecule has 17 heavy (non-hydrogen) atoms. The molecular weight excluding hydrogens is 208 g/mol. The van der Waals surface area contributed by atoms with E-state index < -0.39 is 0 Å². The third kappa shape index (κ3) is 3.69. The van der Waals surface area contributed by atoms with Gasteiger partial charge in [0.15, 0.2) is 0 Å². The average Bonchev–Trinajstić information content (AvgIpc) is 2.64. The molecule has 1 rings (SSSR count). The SMILES string of the molecule is CCNCC(CC)(CC)CN1CCCC1(C)C. The molecule has 0 aromatic rings. The summed E-state index contributed by atoms with van der Waals surface area (Å²) in [6.07, 6.45) is 5.29. The van der Waals surface area contributed by atoms with E-state index in [1.54, 1.807) is 0 Å². The van der Waals surface area contributed by atoms with Gasteiger partial charge in [-0.05, 0) is 58.0 Å². The first kappa shape index (κ1) is 15.0. The monoisotopic (exact) mass is 240 g/mol. The summed E-state index contributed by atoms with van der Waals surface area (Å²) in [7, 11) is 0. The van der Waals surface area contributed by atoms with Gasteiger partial charge in [-0.3, -0.25) is 4.90 Å². The zero-order valence-electron chi connectivity index (χ0n) is 12.6. The zero-order valence-corrected chi connectivity index (χ0v) is 12.6. The highest BCUT2D eigenvalue weighted by atomic mass is 15.2. The average molecular weight is 240 g/mol. The third-order valence-corrected chi connectivity index (χ3v) is 4.85. The third-order valence-electron chi connectivity index (χ3n) is 4.85. The molecular formula is C15H32N2. The first-order valence-electron chi connectivity index (χ1n) is 7.45. The van der Waals surface area contributed by atoms with E-state index in [-0.39, 0.29) is 0 Å². The maximum atomic E-state index is 3.57. The maximum absolute atomic E-state index is 3.57. The Balaban J connectivity index is 2.65. The molecule has 1 N–H and O–H groups in total. The van der Waals surface area contributed by atoms with Gasteiger partial charge in [0.05, 0.1) is 0 Å². The summed E-state index contributed by atoms with van der Waals surface area (Å²) < 4.78 is 0. The van der Waals surface area contributed by atoms with Crippen LogP contribution in [0.2, 0.25) is 0 Å². The zero-order chi connectivity index (χ0) is 12.9. The Labute approximate surface area is 108 Å². The number of likely N-dealkylation sites (tertiary alicyclic amines) is 1. The van der Waals surface area contributed by atoms with E-state index in [2.05, 4.69) is 44.8 Å². The lowest BCUT2D eigenvalue weighted by molar-refractivity contribution is 0.0868. The number of hydrogen-bond donors (Lipinski definition) is 1. The Hall–Kier alpha value is -0.0800. The predicted octanol–water partition coefficient (Wildman–Crippen LogP) is 3.28. The van der Waals surface area contributed by atoms with Crippen molar-refractivity contribution in [2.24, 2.45) is 5.41 Å². The molecule has 2 heteroatoms. The van der Waals surface area contributed by atoms with Gasteiger partial charge in [-0.2, -0.15) is 0 Å². The van der Waals surface area contributed by atoms with Crippen LogP contribution in [0.4, 0.5) is 0 Å². The van der Waals surface area contributed by atoms with Crippen molar-refractivity contribution < 1.29 is 0 Å². The van der Waals surface area contributed by atoms with Gasteiger partial charge >= 0.3 is 0 Å². The molecule has 0 atom stereocenters. The molecule has 0 spiro atoms. The molecule has 0 radical (unpaired) electrons. The highest BCUT2D eigenvalue weighted by Crippen LogP contribution is 2.34. The van der Waals surface area contributed by atoms with Crippen LogP contribution in [0.3, 0.4) is 0 Å². The minimum atomic E-state index is 0.418. The molecule has 102 valence electrons. The molecule has 1 aliphatic heterocycles. The van der Waals surface area contributed by atoms with Crippen molar-refractivity contribution in [2.45, 2.75) is 65.8 Å². The number of hydrogen-bond acceptors (Lipinski definition) is 2.